The van der Waals surface area contributed by atoms with Crippen LogP contribution in [-0.4, -0.2) is 23.1 Å². The number of methoxy groups -OCH3 is 1. The Bertz CT molecular complexity index is 1000. The quantitative estimate of drug-likeness (QED) is 0.462. The summed E-state index contributed by atoms with van der Waals surface area (Å²) in [4.78, 5) is 27.6. The number of thioether (sulfide) groups is 1. The Morgan fingerprint density at radius 1 is 1.33 bits per heavy atom. The van der Waals surface area contributed by atoms with E-state index in [2.05, 4.69) is 10.3 Å². The molecule has 1 N–H and O–H groups in total. The molecular formula is C18H14ClN3O4S. The predicted molar refractivity (Wildman–Crippen MR) is 107 cm³/mol. The molecule has 138 valence electrons. The molecule has 27 heavy (non-hydrogen) atoms. The van der Waals surface area contributed by atoms with E-state index in [1.54, 1.807) is 30.3 Å². The number of benzene rings is 2. The van der Waals surface area contributed by atoms with Gasteiger partial charge in [0.05, 0.1) is 22.6 Å². The number of hydrogen-bond donors (Lipinski definition) is 1. The minimum absolute atomic E-state index is 0.157. The summed E-state index contributed by atoms with van der Waals surface area (Å²) in [7, 11) is 1.36. The Morgan fingerprint density at radius 3 is 2.81 bits per heavy atom. The van der Waals surface area contributed by atoms with E-state index in [1.165, 1.54) is 19.2 Å². The lowest BCUT2D eigenvalue weighted by molar-refractivity contribution is -0.385. The molecule has 1 aliphatic heterocycles. The lowest BCUT2D eigenvalue weighted by Crippen LogP contribution is -2.19. The molecule has 2 aromatic carbocycles. The minimum Gasteiger partial charge on any atom is -0.490 e. The molecule has 1 aliphatic rings. The van der Waals surface area contributed by atoms with Crippen LogP contribution < -0.4 is 10.1 Å². The molecule has 7 nitrogen and oxygen atoms in total. The number of nitro groups is 1. The highest BCUT2D eigenvalue weighted by molar-refractivity contribution is 8.18. The van der Waals surface area contributed by atoms with Gasteiger partial charge in [-0.15, -0.1) is 0 Å². The van der Waals surface area contributed by atoms with Crippen molar-refractivity contribution in [1.29, 1.82) is 0 Å². The Morgan fingerprint density at radius 2 is 2.11 bits per heavy atom. The van der Waals surface area contributed by atoms with E-state index in [0.717, 1.165) is 17.3 Å². The summed E-state index contributed by atoms with van der Waals surface area (Å²) in [5.41, 5.74) is 1.82. The van der Waals surface area contributed by atoms with Gasteiger partial charge in [-0.2, -0.15) is 0 Å². The zero-order valence-electron chi connectivity index (χ0n) is 14.4. The van der Waals surface area contributed by atoms with Crippen LogP contribution in [0.3, 0.4) is 0 Å². The molecule has 9 heteroatoms. The van der Waals surface area contributed by atoms with E-state index in [0.29, 0.717) is 26.3 Å². The van der Waals surface area contributed by atoms with Crippen molar-refractivity contribution in [2.24, 2.45) is 4.99 Å². The van der Waals surface area contributed by atoms with Gasteiger partial charge in [-0.1, -0.05) is 23.7 Å². The van der Waals surface area contributed by atoms with Crippen molar-refractivity contribution < 1.29 is 14.5 Å². The Balaban J connectivity index is 1.90. The van der Waals surface area contributed by atoms with E-state index >= 15 is 0 Å². The number of halogens is 1. The number of rotatable bonds is 4. The van der Waals surface area contributed by atoms with Crippen molar-refractivity contribution >= 4 is 51.9 Å². The third-order valence-electron chi connectivity index (χ3n) is 3.81. The molecule has 2 aromatic rings. The smallest absolute Gasteiger partial charge is 0.311 e. The van der Waals surface area contributed by atoms with E-state index in [9.17, 15) is 14.9 Å². The van der Waals surface area contributed by atoms with Crippen molar-refractivity contribution in [3.63, 3.8) is 0 Å². The number of amidine groups is 1. The molecule has 0 bridgehead atoms. The summed E-state index contributed by atoms with van der Waals surface area (Å²) in [6.45, 7) is 1.84. The van der Waals surface area contributed by atoms with E-state index in [-0.39, 0.29) is 17.3 Å². The lowest BCUT2D eigenvalue weighted by atomic mass is 10.1. The van der Waals surface area contributed by atoms with Crippen molar-refractivity contribution in [3.8, 4) is 5.75 Å². The van der Waals surface area contributed by atoms with Gasteiger partial charge in [-0.3, -0.25) is 14.9 Å². The number of aliphatic imine (C=N–C) groups is 1. The zero-order chi connectivity index (χ0) is 19.6. The predicted octanol–water partition coefficient (Wildman–Crippen LogP) is 4.46. The molecule has 0 radical (unpaired) electrons. The summed E-state index contributed by atoms with van der Waals surface area (Å²) in [6.07, 6.45) is 1.57. The molecule has 3 rings (SSSR count). The number of amides is 1. The molecular weight excluding hydrogens is 390 g/mol. The highest BCUT2D eigenvalue weighted by Crippen LogP contribution is 2.33. The second-order valence-corrected chi connectivity index (χ2v) is 6.99. The first-order chi connectivity index (χ1) is 12.9. The van der Waals surface area contributed by atoms with Gasteiger partial charge in [0.25, 0.3) is 5.91 Å². The van der Waals surface area contributed by atoms with Crippen LogP contribution in [0.25, 0.3) is 6.08 Å². The number of nitro benzene ring substituents is 1. The average molecular weight is 404 g/mol. The van der Waals surface area contributed by atoms with Crippen LogP contribution in [0.5, 0.6) is 5.75 Å². The van der Waals surface area contributed by atoms with E-state index in [1.807, 2.05) is 6.92 Å². The van der Waals surface area contributed by atoms with Crippen LogP contribution in [0.4, 0.5) is 11.4 Å². The van der Waals surface area contributed by atoms with Gasteiger partial charge in [-0.25, -0.2) is 4.99 Å². The van der Waals surface area contributed by atoms with Crippen LogP contribution in [0, 0.1) is 17.0 Å². The lowest BCUT2D eigenvalue weighted by Gasteiger charge is -2.03. The van der Waals surface area contributed by atoms with Gasteiger partial charge < -0.3 is 10.1 Å². The molecule has 0 unspecified atom stereocenters. The first-order valence-corrected chi connectivity index (χ1v) is 8.95. The number of nitrogens with zero attached hydrogens (tertiary/aromatic N) is 2. The molecule has 0 spiro atoms. The van der Waals surface area contributed by atoms with Crippen LogP contribution in [0.1, 0.15) is 11.1 Å². The van der Waals surface area contributed by atoms with Gasteiger partial charge in [0.15, 0.2) is 10.9 Å². The molecule has 0 atom stereocenters. The fourth-order valence-corrected chi connectivity index (χ4v) is 3.40. The third kappa shape index (κ3) is 4.12. The second-order valence-electron chi connectivity index (χ2n) is 5.55. The number of ether oxygens (including phenoxy) is 1. The molecule has 1 fully saturated rings. The number of nitrogens with one attached hydrogen (secondary N) is 1. The number of carbonyl (C=O) groups is 1. The van der Waals surface area contributed by atoms with E-state index < -0.39 is 4.92 Å². The monoisotopic (exact) mass is 403 g/mol. The van der Waals surface area contributed by atoms with Crippen LogP contribution in [-0.2, 0) is 4.79 Å². The highest BCUT2D eigenvalue weighted by atomic mass is 35.5. The molecule has 1 amide bonds. The van der Waals surface area contributed by atoms with Crippen molar-refractivity contribution in [2.75, 3.05) is 7.11 Å². The summed E-state index contributed by atoms with van der Waals surface area (Å²) in [6, 6.07) is 9.84. The summed E-state index contributed by atoms with van der Waals surface area (Å²) >= 11 is 7.24. The van der Waals surface area contributed by atoms with E-state index in [4.69, 9.17) is 16.3 Å². The maximum atomic E-state index is 12.2. The SMILES string of the molecule is COc1ccc(C=C2SC(=Nc3cccc(Cl)c3C)NC2=O)cc1[N+](=O)[O-]. The summed E-state index contributed by atoms with van der Waals surface area (Å²) in [5, 5.41) is 14.8. The molecule has 0 saturated carbocycles. The largest absolute Gasteiger partial charge is 0.490 e. The second kappa shape index (κ2) is 7.81. The fourth-order valence-electron chi connectivity index (χ4n) is 2.40. The molecule has 1 heterocycles. The molecule has 1 saturated heterocycles. The molecule has 0 aromatic heterocycles. The Kier molecular flexibility index (Phi) is 5.48. The van der Waals surface area contributed by atoms with Crippen LogP contribution in [0.15, 0.2) is 46.3 Å². The van der Waals surface area contributed by atoms with Gasteiger partial charge in [0, 0.05) is 11.1 Å². The normalized spacial score (nSPS) is 16.6. The zero-order valence-corrected chi connectivity index (χ0v) is 15.9. The first kappa shape index (κ1) is 18.9. The van der Waals surface area contributed by atoms with Crippen molar-refractivity contribution in [2.45, 2.75) is 6.92 Å². The first-order valence-electron chi connectivity index (χ1n) is 7.76. The van der Waals surface area contributed by atoms with Crippen LogP contribution in [0.2, 0.25) is 5.02 Å². The Hall–Kier alpha value is -2.84. The van der Waals surface area contributed by atoms with Gasteiger partial charge in [0.2, 0.25) is 0 Å². The number of carbonyl (C=O) groups excluding carboxylic acids is 1. The third-order valence-corrected chi connectivity index (χ3v) is 5.13. The fraction of sp³-hybridized carbons (Fsp3) is 0.111. The van der Waals surface area contributed by atoms with Crippen molar-refractivity contribution in [1.82, 2.24) is 5.32 Å². The standard InChI is InChI=1S/C18H14ClN3O4S/c1-10-12(19)4-3-5-13(10)20-18-21-17(23)16(27-18)9-11-6-7-15(26-2)14(8-11)22(24)25/h3-9H,1-2H3,(H,20,21,23). The number of hydrogen-bond acceptors (Lipinski definition) is 6. The average Bonchev–Trinajstić information content (AvgIpc) is 2.98. The van der Waals surface area contributed by atoms with Gasteiger partial charge in [0.1, 0.15) is 0 Å². The minimum atomic E-state index is -0.530. The molecule has 0 aliphatic carbocycles. The van der Waals surface area contributed by atoms with Crippen LogP contribution >= 0.6 is 23.4 Å². The summed E-state index contributed by atoms with van der Waals surface area (Å²) < 4.78 is 4.98. The van der Waals surface area contributed by atoms with Gasteiger partial charge >= 0.3 is 5.69 Å². The maximum Gasteiger partial charge on any atom is 0.311 e. The Labute approximate surface area is 164 Å². The van der Waals surface area contributed by atoms with Crippen molar-refractivity contribution in [3.05, 3.63) is 67.6 Å². The summed E-state index contributed by atoms with van der Waals surface area (Å²) in [5.74, 6) is -0.165. The van der Waals surface area contributed by atoms with Gasteiger partial charge in [-0.05, 0) is 54.1 Å². The highest BCUT2D eigenvalue weighted by Gasteiger charge is 2.24. The maximum absolute atomic E-state index is 12.2. The topological polar surface area (TPSA) is 93.8 Å².